The summed E-state index contributed by atoms with van der Waals surface area (Å²) in [5.74, 6) is -0.770. The number of esters is 1. The van der Waals surface area contributed by atoms with Crippen LogP contribution in [0.15, 0.2) is 47.5 Å². The molecule has 1 heterocycles. The van der Waals surface area contributed by atoms with Gasteiger partial charge in [0.05, 0.1) is 29.5 Å². The van der Waals surface area contributed by atoms with Crippen molar-refractivity contribution in [2.24, 2.45) is 4.99 Å². The van der Waals surface area contributed by atoms with Gasteiger partial charge in [-0.3, -0.25) is 4.79 Å². The van der Waals surface area contributed by atoms with Crippen LogP contribution in [-0.4, -0.2) is 36.8 Å². The van der Waals surface area contributed by atoms with Crippen molar-refractivity contribution >= 4 is 45.0 Å². The normalized spacial score (nSPS) is 11.8. The Morgan fingerprint density at radius 1 is 1.14 bits per heavy atom. The quantitative estimate of drug-likeness (QED) is 0.449. The van der Waals surface area contributed by atoms with Crippen molar-refractivity contribution in [3.8, 4) is 0 Å². The van der Waals surface area contributed by atoms with Gasteiger partial charge in [0.1, 0.15) is 0 Å². The Labute approximate surface area is 171 Å². The minimum Gasteiger partial charge on any atom is -0.465 e. The molecule has 0 bridgehead atoms. The average molecular weight is 419 g/mol. The van der Waals surface area contributed by atoms with E-state index in [0.29, 0.717) is 40.7 Å². The number of hydrogen-bond acceptors (Lipinski definition) is 5. The third-order valence-electron chi connectivity index (χ3n) is 4.06. The molecule has 0 unspecified atom stereocenters. The predicted octanol–water partition coefficient (Wildman–Crippen LogP) is 3.92. The summed E-state index contributed by atoms with van der Waals surface area (Å²) in [4.78, 5) is 29.2. The molecule has 2 aromatic carbocycles. The van der Waals surface area contributed by atoms with Crippen LogP contribution in [0.1, 0.15) is 27.6 Å². The molecule has 0 aliphatic heterocycles. The van der Waals surface area contributed by atoms with Gasteiger partial charge in [-0.1, -0.05) is 22.9 Å². The molecule has 0 fully saturated rings. The Morgan fingerprint density at radius 3 is 2.54 bits per heavy atom. The number of thiazole rings is 1. The number of rotatable bonds is 6. The van der Waals surface area contributed by atoms with Crippen molar-refractivity contribution in [2.45, 2.75) is 13.5 Å². The van der Waals surface area contributed by atoms with Crippen molar-refractivity contribution in [1.82, 2.24) is 4.57 Å². The highest BCUT2D eigenvalue weighted by atomic mass is 35.5. The van der Waals surface area contributed by atoms with Crippen molar-refractivity contribution < 1.29 is 19.1 Å². The lowest BCUT2D eigenvalue weighted by Gasteiger charge is -2.06. The minimum absolute atomic E-state index is 0.360. The number of aromatic nitrogens is 1. The van der Waals surface area contributed by atoms with Crippen LogP contribution in [0, 0.1) is 0 Å². The van der Waals surface area contributed by atoms with Gasteiger partial charge in [0.2, 0.25) is 0 Å². The lowest BCUT2D eigenvalue weighted by atomic mass is 10.2. The summed E-state index contributed by atoms with van der Waals surface area (Å²) in [7, 11) is 1.34. The molecule has 8 heteroatoms. The van der Waals surface area contributed by atoms with E-state index in [0.717, 1.165) is 10.2 Å². The highest BCUT2D eigenvalue weighted by Gasteiger charge is 2.12. The Balaban J connectivity index is 2.07. The van der Waals surface area contributed by atoms with Gasteiger partial charge in [0.15, 0.2) is 4.80 Å². The summed E-state index contributed by atoms with van der Waals surface area (Å²) >= 11 is 7.22. The fourth-order valence-electron chi connectivity index (χ4n) is 2.66. The third kappa shape index (κ3) is 4.49. The SMILES string of the molecule is CCOCCn1c(=NC(=O)c2ccc(Cl)cc2)sc2cc(C(=O)OC)ccc21. The van der Waals surface area contributed by atoms with Gasteiger partial charge in [-0.15, -0.1) is 0 Å². The highest BCUT2D eigenvalue weighted by molar-refractivity contribution is 7.16. The largest absolute Gasteiger partial charge is 0.465 e. The number of fused-ring (bicyclic) bond motifs is 1. The molecule has 0 aliphatic rings. The van der Waals surface area contributed by atoms with Gasteiger partial charge in [-0.25, -0.2) is 4.79 Å². The highest BCUT2D eigenvalue weighted by Crippen LogP contribution is 2.20. The molecule has 0 spiro atoms. The number of ether oxygens (including phenoxy) is 2. The monoisotopic (exact) mass is 418 g/mol. The van der Waals surface area contributed by atoms with Gasteiger partial charge in [-0.2, -0.15) is 4.99 Å². The zero-order chi connectivity index (χ0) is 20.1. The van der Waals surface area contributed by atoms with E-state index in [1.165, 1.54) is 18.4 Å². The molecular formula is C20H19ClN2O4S. The second-order valence-corrected chi connectivity index (χ2v) is 7.28. The van der Waals surface area contributed by atoms with Gasteiger partial charge >= 0.3 is 5.97 Å². The number of carbonyl (C=O) groups excluding carboxylic acids is 2. The van der Waals surface area contributed by atoms with Crippen LogP contribution in [0.4, 0.5) is 0 Å². The zero-order valence-corrected chi connectivity index (χ0v) is 17.0. The first-order valence-electron chi connectivity index (χ1n) is 8.67. The third-order valence-corrected chi connectivity index (χ3v) is 5.35. The number of methoxy groups -OCH3 is 1. The van der Waals surface area contributed by atoms with Gasteiger partial charge < -0.3 is 14.0 Å². The molecule has 1 aromatic heterocycles. The van der Waals surface area contributed by atoms with E-state index in [1.54, 1.807) is 36.4 Å². The second kappa shape index (κ2) is 9.14. The van der Waals surface area contributed by atoms with Crippen LogP contribution in [0.2, 0.25) is 5.02 Å². The maximum absolute atomic E-state index is 12.6. The van der Waals surface area contributed by atoms with Crippen LogP contribution < -0.4 is 4.80 Å². The Kier molecular flexibility index (Phi) is 6.61. The van der Waals surface area contributed by atoms with Gasteiger partial charge in [0, 0.05) is 23.7 Å². The fraction of sp³-hybridized carbons (Fsp3) is 0.250. The van der Waals surface area contributed by atoms with Crippen LogP contribution in [0.25, 0.3) is 10.2 Å². The molecule has 0 atom stereocenters. The first kappa shape index (κ1) is 20.3. The summed E-state index contributed by atoms with van der Waals surface area (Å²) in [6, 6.07) is 11.9. The molecule has 1 amide bonds. The van der Waals surface area contributed by atoms with E-state index >= 15 is 0 Å². The molecule has 28 heavy (non-hydrogen) atoms. The number of carbonyl (C=O) groups is 2. The van der Waals surface area contributed by atoms with E-state index in [2.05, 4.69) is 4.99 Å². The van der Waals surface area contributed by atoms with Gasteiger partial charge in [-0.05, 0) is 49.4 Å². The maximum atomic E-state index is 12.6. The van der Waals surface area contributed by atoms with Crippen molar-refractivity contribution in [2.75, 3.05) is 20.3 Å². The fourth-order valence-corrected chi connectivity index (χ4v) is 3.88. The maximum Gasteiger partial charge on any atom is 0.337 e. The summed E-state index contributed by atoms with van der Waals surface area (Å²) in [5.41, 5.74) is 1.78. The van der Waals surface area contributed by atoms with E-state index in [-0.39, 0.29) is 5.91 Å². The summed E-state index contributed by atoms with van der Waals surface area (Å²) in [6.45, 7) is 3.56. The first-order chi connectivity index (χ1) is 13.5. The standard InChI is InChI=1S/C20H19ClN2O4S/c1-3-27-11-10-23-16-9-6-14(19(25)26-2)12-17(16)28-20(23)22-18(24)13-4-7-15(21)8-5-13/h4-9,12H,3,10-11H2,1-2H3. The zero-order valence-electron chi connectivity index (χ0n) is 15.5. The van der Waals surface area contributed by atoms with Crippen LogP contribution >= 0.6 is 22.9 Å². The average Bonchev–Trinajstić information content (AvgIpc) is 3.04. The lowest BCUT2D eigenvalue weighted by molar-refractivity contribution is 0.0600. The minimum atomic E-state index is -0.410. The van der Waals surface area contributed by atoms with E-state index in [1.807, 2.05) is 17.6 Å². The predicted molar refractivity (Wildman–Crippen MR) is 109 cm³/mol. The van der Waals surface area contributed by atoms with Crippen LogP contribution in [0.5, 0.6) is 0 Å². The molecule has 6 nitrogen and oxygen atoms in total. The number of halogens is 1. The Morgan fingerprint density at radius 2 is 1.86 bits per heavy atom. The number of benzene rings is 2. The van der Waals surface area contributed by atoms with Crippen molar-refractivity contribution in [3.63, 3.8) is 0 Å². The van der Waals surface area contributed by atoms with Crippen LogP contribution in [-0.2, 0) is 16.0 Å². The lowest BCUT2D eigenvalue weighted by Crippen LogP contribution is -2.19. The molecule has 0 radical (unpaired) electrons. The van der Waals surface area contributed by atoms with Crippen molar-refractivity contribution in [3.05, 3.63) is 63.4 Å². The number of amides is 1. The molecule has 3 rings (SSSR count). The molecule has 146 valence electrons. The molecule has 3 aromatic rings. The summed E-state index contributed by atoms with van der Waals surface area (Å²) in [5, 5.41) is 0.556. The Hall–Kier alpha value is -2.48. The second-order valence-electron chi connectivity index (χ2n) is 5.83. The molecule has 0 aliphatic carbocycles. The summed E-state index contributed by atoms with van der Waals surface area (Å²) < 4.78 is 13.0. The topological polar surface area (TPSA) is 69.9 Å². The van der Waals surface area contributed by atoms with E-state index < -0.39 is 5.97 Å². The van der Waals surface area contributed by atoms with E-state index in [9.17, 15) is 9.59 Å². The molecule has 0 saturated carbocycles. The smallest absolute Gasteiger partial charge is 0.337 e. The van der Waals surface area contributed by atoms with Gasteiger partial charge in [0.25, 0.3) is 5.91 Å². The summed E-state index contributed by atoms with van der Waals surface area (Å²) in [6.07, 6.45) is 0. The van der Waals surface area contributed by atoms with Crippen molar-refractivity contribution in [1.29, 1.82) is 0 Å². The van der Waals surface area contributed by atoms with E-state index in [4.69, 9.17) is 21.1 Å². The Bertz CT molecular complexity index is 1070. The number of hydrogen-bond donors (Lipinski definition) is 0. The van der Waals surface area contributed by atoms with Crippen LogP contribution in [0.3, 0.4) is 0 Å². The molecular weight excluding hydrogens is 400 g/mol. The molecule has 0 saturated heterocycles. The first-order valence-corrected chi connectivity index (χ1v) is 9.87. The molecule has 0 N–H and O–H groups in total. The number of nitrogens with zero attached hydrogens (tertiary/aromatic N) is 2.